The number of nitrogens with one attached hydrogen (secondary N) is 1. The zero-order valence-corrected chi connectivity index (χ0v) is 16.3. The Hall–Kier alpha value is -3.42. The Balaban J connectivity index is 1.94. The lowest BCUT2D eigenvalue weighted by Crippen LogP contribution is -2.18. The number of aromatic nitrogens is 1. The van der Waals surface area contributed by atoms with Gasteiger partial charge in [-0.2, -0.15) is 0 Å². The molecule has 1 heterocycles. The molecular weight excluding hydrogens is 388 g/mol. The van der Waals surface area contributed by atoms with Gasteiger partial charge in [-0.25, -0.2) is 13.9 Å². The Morgan fingerprint density at radius 3 is 2.48 bits per heavy atom. The van der Waals surface area contributed by atoms with Crippen LogP contribution in [0.3, 0.4) is 0 Å². The molecule has 29 heavy (non-hydrogen) atoms. The number of rotatable bonds is 7. The maximum Gasteiger partial charge on any atom is 0.267 e. The monoisotopic (exact) mass is 408 g/mol. The predicted molar refractivity (Wildman–Crippen MR) is 113 cm³/mol. The van der Waals surface area contributed by atoms with Crippen molar-refractivity contribution in [3.05, 3.63) is 103 Å². The third-order valence-electron chi connectivity index (χ3n) is 4.38. The van der Waals surface area contributed by atoms with Crippen LogP contribution in [-0.4, -0.2) is 23.5 Å². The molecule has 7 heteroatoms. The van der Waals surface area contributed by atoms with Gasteiger partial charge in [-0.15, -0.1) is 6.58 Å². The number of carbonyl (C=O) groups excluding carboxylic acids is 1. The van der Waals surface area contributed by atoms with Crippen LogP contribution in [-0.2, 0) is 14.8 Å². The average Bonchev–Trinajstić information content (AvgIpc) is 3.23. The standard InChI is InChI=1S/C22H20N2O4S/c1-2-21(20-10-6-9-19(15-20)18-7-4-3-5-8-18)29(27,28)24-14-13-17(16-24)11-12-22(25)23-26/h2-16,21,26H,1H2,(H,23,25)/b12-11+. The summed E-state index contributed by atoms with van der Waals surface area (Å²) in [5.41, 5.74) is 4.48. The molecule has 1 aromatic heterocycles. The Labute approximate surface area is 169 Å². The van der Waals surface area contributed by atoms with Crippen LogP contribution in [0.1, 0.15) is 16.4 Å². The molecule has 0 fully saturated rings. The summed E-state index contributed by atoms with van der Waals surface area (Å²) in [4.78, 5) is 11.1. The van der Waals surface area contributed by atoms with E-state index < -0.39 is 21.2 Å². The highest BCUT2D eigenvalue weighted by Gasteiger charge is 2.26. The molecule has 6 nitrogen and oxygen atoms in total. The Kier molecular flexibility index (Phi) is 6.11. The van der Waals surface area contributed by atoms with Crippen LogP contribution >= 0.6 is 0 Å². The zero-order valence-electron chi connectivity index (χ0n) is 15.5. The summed E-state index contributed by atoms with van der Waals surface area (Å²) >= 11 is 0. The number of carbonyl (C=O) groups is 1. The van der Waals surface area contributed by atoms with Crippen molar-refractivity contribution in [2.45, 2.75) is 5.25 Å². The number of hydroxylamine groups is 1. The molecule has 0 bridgehead atoms. The molecule has 1 amide bonds. The van der Waals surface area contributed by atoms with E-state index in [0.29, 0.717) is 11.1 Å². The quantitative estimate of drug-likeness (QED) is 0.270. The molecule has 3 rings (SSSR count). The van der Waals surface area contributed by atoms with Gasteiger partial charge >= 0.3 is 0 Å². The highest BCUT2D eigenvalue weighted by Crippen LogP contribution is 2.29. The Morgan fingerprint density at radius 2 is 1.79 bits per heavy atom. The van der Waals surface area contributed by atoms with Crippen molar-refractivity contribution in [2.24, 2.45) is 0 Å². The van der Waals surface area contributed by atoms with Gasteiger partial charge in [0.2, 0.25) is 10.0 Å². The van der Waals surface area contributed by atoms with E-state index in [-0.39, 0.29) is 0 Å². The van der Waals surface area contributed by atoms with Gasteiger partial charge in [0.05, 0.1) is 0 Å². The summed E-state index contributed by atoms with van der Waals surface area (Å²) in [5, 5.41) is 7.57. The molecule has 148 valence electrons. The molecule has 2 N–H and O–H groups in total. The number of hydrogen-bond donors (Lipinski definition) is 2. The van der Waals surface area contributed by atoms with Gasteiger partial charge in [-0.3, -0.25) is 14.0 Å². The SMILES string of the molecule is C=CC(c1cccc(-c2ccccc2)c1)S(=O)(=O)n1ccc(/C=C/C(=O)NO)c1. The van der Waals surface area contributed by atoms with Crippen molar-refractivity contribution in [1.82, 2.24) is 9.45 Å². The normalized spacial score (nSPS) is 12.6. The van der Waals surface area contributed by atoms with Crippen LogP contribution in [0, 0.1) is 0 Å². The molecule has 0 aliphatic rings. The lowest BCUT2D eigenvalue weighted by Gasteiger charge is -2.16. The summed E-state index contributed by atoms with van der Waals surface area (Å²) in [6.45, 7) is 3.72. The molecule has 0 aliphatic carbocycles. The van der Waals surface area contributed by atoms with Crippen molar-refractivity contribution in [2.75, 3.05) is 0 Å². The fraction of sp³-hybridized carbons (Fsp3) is 0.0455. The second kappa shape index (κ2) is 8.72. The third-order valence-corrected chi connectivity index (χ3v) is 6.30. The maximum atomic E-state index is 13.2. The van der Waals surface area contributed by atoms with Crippen molar-refractivity contribution < 1.29 is 18.4 Å². The van der Waals surface area contributed by atoms with Crippen molar-refractivity contribution in [3.63, 3.8) is 0 Å². The summed E-state index contributed by atoms with van der Waals surface area (Å²) in [6.07, 6.45) is 6.70. The van der Waals surface area contributed by atoms with Crippen LogP contribution in [0.4, 0.5) is 0 Å². The fourth-order valence-electron chi connectivity index (χ4n) is 2.95. The second-order valence-electron chi connectivity index (χ2n) is 6.28. The second-order valence-corrected chi connectivity index (χ2v) is 8.24. The Bertz CT molecular complexity index is 1150. The van der Waals surface area contributed by atoms with Gasteiger partial charge in [0.25, 0.3) is 5.91 Å². The van der Waals surface area contributed by atoms with Gasteiger partial charge in [-0.05, 0) is 40.5 Å². The van der Waals surface area contributed by atoms with Gasteiger partial charge < -0.3 is 0 Å². The largest absolute Gasteiger partial charge is 0.288 e. The highest BCUT2D eigenvalue weighted by atomic mass is 32.2. The maximum absolute atomic E-state index is 13.2. The van der Waals surface area contributed by atoms with E-state index in [1.807, 2.05) is 48.5 Å². The number of amides is 1. The van der Waals surface area contributed by atoms with Crippen LogP contribution < -0.4 is 5.48 Å². The predicted octanol–water partition coefficient (Wildman–Crippen LogP) is 3.78. The van der Waals surface area contributed by atoms with E-state index in [1.54, 1.807) is 12.1 Å². The first-order valence-corrected chi connectivity index (χ1v) is 10.3. The van der Waals surface area contributed by atoms with Crippen LogP contribution in [0.25, 0.3) is 17.2 Å². The Morgan fingerprint density at radius 1 is 1.07 bits per heavy atom. The molecule has 0 radical (unpaired) electrons. The summed E-state index contributed by atoms with van der Waals surface area (Å²) in [6, 6.07) is 18.6. The van der Waals surface area contributed by atoms with E-state index >= 15 is 0 Å². The molecule has 3 aromatic rings. The number of hydrogen-bond acceptors (Lipinski definition) is 4. The zero-order chi connectivity index (χ0) is 20.9. The molecule has 0 saturated heterocycles. The first kappa shape index (κ1) is 20.3. The topological polar surface area (TPSA) is 88.4 Å². The lowest BCUT2D eigenvalue weighted by molar-refractivity contribution is -0.124. The van der Waals surface area contributed by atoms with Crippen molar-refractivity contribution >= 4 is 22.0 Å². The van der Waals surface area contributed by atoms with Gasteiger partial charge in [0, 0.05) is 18.5 Å². The first-order chi connectivity index (χ1) is 14.0. The van der Waals surface area contributed by atoms with Gasteiger partial charge in [0.1, 0.15) is 5.25 Å². The molecule has 1 atom stereocenters. The van der Waals surface area contributed by atoms with E-state index in [1.165, 1.54) is 30.0 Å². The highest BCUT2D eigenvalue weighted by molar-refractivity contribution is 7.90. The minimum absolute atomic E-state index is 0.498. The van der Waals surface area contributed by atoms with E-state index in [4.69, 9.17) is 5.21 Å². The molecular formula is C22H20N2O4S. The summed E-state index contributed by atoms with van der Waals surface area (Å²) < 4.78 is 27.4. The minimum Gasteiger partial charge on any atom is -0.288 e. The molecule has 0 aliphatic heterocycles. The van der Waals surface area contributed by atoms with E-state index in [9.17, 15) is 13.2 Å². The van der Waals surface area contributed by atoms with E-state index in [0.717, 1.165) is 21.2 Å². The average molecular weight is 408 g/mol. The third kappa shape index (κ3) is 4.53. The molecule has 2 aromatic carbocycles. The number of benzene rings is 2. The van der Waals surface area contributed by atoms with Crippen molar-refractivity contribution in [3.8, 4) is 11.1 Å². The first-order valence-electron chi connectivity index (χ1n) is 8.78. The van der Waals surface area contributed by atoms with Crippen LogP contribution in [0.5, 0.6) is 0 Å². The fourth-order valence-corrected chi connectivity index (χ4v) is 4.44. The van der Waals surface area contributed by atoms with Crippen molar-refractivity contribution in [1.29, 1.82) is 0 Å². The lowest BCUT2D eigenvalue weighted by atomic mass is 10.0. The van der Waals surface area contributed by atoms with Crippen LogP contribution in [0.15, 0.2) is 91.8 Å². The van der Waals surface area contributed by atoms with Gasteiger partial charge in [0.15, 0.2) is 0 Å². The molecule has 0 spiro atoms. The molecule has 0 saturated carbocycles. The summed E-state index contributed by atoms with van der Waals surface area (Å²) in [7, 11) is -3.81. The van der Waals surface area contributed by atoms with Gasteiger partial charge in [-0.1, -0.05) is 54.6 Å². The van der Waals surface area contributed by atoms with E-state index in [2.05, 4.69) is 6.58 Å². The molecule has 1 unspecified atom stereocenters. The number of nitrogens with zero attached hydrogens (tertiary/aromatic N) is 1. The minimum atomic E-state index is -3.81. The smallest absolute Gasteiger partial charge is 0.267 e. The van der Waals surface area contributed by atoms with Crippen LogP contribution in [0.2, 0.25) is 0 Å². The summed E-state index contributed by atoms with van der Waals surface area (Å²) in [5.74, 6) is -0.706.